The molecule has 0 saturated carbocycles. The summed E-state index contributed by atoms with van der Waals surface area (Å²) in [5.41, 5.74) is -0.966. The Hall–Kier alpha value is -1.23. The van der Waals surface area contributed by atoms with Crippen molar-refractivity contribution in [2.75, 3.05) is 7.11 Å². The molecular weight excluding hydrogens is 216 g/mol. The molecule has 1 rings (SSSR count). The number of alkyl halides is 2. The minimum absolute atomic E-state index is 0.155. The number of carbonyl (C=O) groups excluding carboxylic acids is 1. The van der Waals surface area contributed by atoms with E-state index < -0.39 is 22.9 Å². The summed E-state index contributed by atoms with van der Waals surface area (Å²) in [6.45, 7) is 0. The highest BCUT2D eigenvalue weighted by Crippen LogP contribution is 2.26. The third kappa shape index (κ3) is 2.17. The predicted molar refractivity (Wildman–Crippen MR) is 45.9 cm³/mol. The van der Waals surface area contributed by atoms with Crippen molar-refractivity contribution in [1.29, 1.82) is 0 Å². The van der Waals surface area contributed by atoms with Gasteiger partial charge in [0.1, 0.15) is 11.4 Å². The summed E-state index contributed by atoms with van der Waals surface area (Å²) in [6, 6.07) is 1.03. The van der Waals surface area contributed by atoms with Crippen LogP contribution in [0.2, 0.25) is 0 Å². The molecule has 0 unspecified atom stereocenters. The van der Waals surface area contributed by atoms with E-state index in [1.807, 2.05) is 0 Å². The third-order valence-electron chi connectivity index (χ3n) is 1.55. The van der Waals surface area contributed by atoms with Gasteiger partial charge in [-0.3, -0.25) is 4.79 Å². The van der Waals surface area contributed by atoms with E-state index in [1.54, 1.807) is 0 Å². The standard InChI is InChI=1S/C8H6ClF2NO2/c1-14-4-2-5(8(10)11)6(7(9)13)12-3-4/h2-3,8H,1H3. The average Bonchev–Trinajstić information content (AvgIpc) is 2.16. The number of halogens is 3. The molecule has 0 atom stereocenters. The molecule has 14 heavy (non-hydrogen) atoms. The van der Waals surface area contributed by atoms with Crippen LogP contribution in [0.1, 0.15) is 22.5 Å². The van der Waals surface area contributed by atoms with Gasteiger partial charge >= 0.3 is 0 Å². The summed E-state index contributed by atoms with van der Waals surface area (Å²) in [5, 5.41) is -1.01. The molecule has 0 spiro atoms. The Kier molecular flexibility index (Phi) is 3.35. The SMILES string of the molecule is COc1cnc(C(=O)Cl)c(C(F)F)c1. The molecule has 0 aliphatic heterocycles. The lowest BCUT2D eigenvalue weighted by atomic mass is 10.2. The van der Waals surface area contributed by atoms with E-state index in [0.717, 1.165) is 12.3 Å². The summed E-state index contributed by atoms with van der Waals surface area (Å²) in [4.78, 5) is 14.2. The molecule has 0 amide bonds. The van der Waals surface area contributed by atoms with Gasteiger partial charge in [0, 0.05) is 0 Å². The Morgan fingerprint density at radius 2 is 2.29 bits per heavy atom. The number of methoxy groups -OCH3 is 1. The van der Waals surface area contributed by atoms with Crippen LogP contribution in [0.4, 0.5) is 8.78 Å². The topological polar surface area (TPSA) is 39.2 Å². The molecule has 1 heterocycles. The number of rotatable bonds is 3. The molecule has 1 aromatic heterocycles. The van der Waals surface area contributed by atoms with E-state index in [9.17, 15) is 13.6 Å². The molecule has 0 aliphatic rings. The Labute approximate surface area is 83.7 Å². The first-order valence-corrected chi connectivity index (χ1v) is 3.96. The van der Waals surface area contributed by atoms with E-state index in [0.29, 0.717) is 0 Å². The van der Waals surface area contributed by atoms with Gasteiger partial charge in [0.05, 0.1) is 18.9 Å². The van der Waals surface area contributed by atoms with Crippen LogP contribution < -0.4 is 4.74 Å². The molecule has 0 radical (unpaired) electrons. The van der Waals surface area contributed by atoms with Gasteiger partial charge in [-0.25, -0.2) is 13.8 Å². The number of hydrogen-bond acceptors (Lipinski definition) is 3. The zero-order valence-corrected chi connectivity index (χ0v) is 7.89. The van der Waals surface area contributed by atoms with Crippen LogP contribution in [0.5, 0.6) is 5.75 Å². The number of hydrogen-bond donors (Lipinski definition) is 0. The molecule has 6 heteroatoms. The van der Waals surface area contributed by atoms with Crippen LogP contribution in [0.15, 0.2) is 12.3 Å². The Bertz CT molecular complexity index is 357. The first-order chi connectivity index (χ1) is 6.56. The maximum atomic E-state index is 12.4. The van der Waals surface area contributed by atoms with Gasteiger partial charge < -0.3 is 4.74 Å². The van der Waals surface area contributed by atoms with Crippen LogP contribution >= 0.6 is 11.6 Å². The minimum atomic E-state index is -2.81. The first-order valence-electron chi connectivity index (χ1n) is 3.58. The molecule has 0 bridgehead atoms. The monoisotopic (exact) mass is 221 g/mol. The second-order valence-electron chi connectivity index (χ2n) is 2.39. The van der Waals surface area contributed by atoms with Crippen molar-refractivity contribution in [2.24, 2.45) is 0 Å². The van der Waals surface area contributed by atoms with Crippen LogP contribution in [-0.2, 0) is 0 Å². The summed E-state index contributed by atoms with van der Waals surface area (Å²) in [7, 11) is 1.31. The maximum absolute atomic E-state index is 12.4. The minimum Gasteiger partial charge on any atom is -0.495 e. The highest BCUT2D eigenvalue weighted by molar-refractivity contribution is 6.67. The van der Waals surface area contributed by atoms with Crippen LogP contribution in [0.3, 0.4) is 0 Å². The molecule has 76 valence electrons. The Morgan fingerprint density at radius 1 is 1.64 bits per heavy atom. The van der Waals surface area contributed by atoms with E-state index in [2.05, 4.69) is 9.72 Å². The summed E-state index contributed by atoms with van der Waals surface area (Å²) < 4.78 is 29.5. The van der Waals surface area contributed by atoms with Gasteiger partial charge in [0.15, 0.2) is 0 Å². The van der Waals surface area contributed by atoms with Gasteiger partial charge in [-0.05, 0) is 17.7 Å². The number of nitrogens with zero attached hydrogens (tertiary/aromatic N) is 1. The van der Waals surface area contributed by atoms with E-state index >= 15 is 0 Å². The van der Waals surface area contributed by atoms with Crippen molar-refractivity contribution >= 4 is 16.8 Å². The normalized spacial score (nSPS) is 10.4. The summed E-state index contributed by atoms with van der Waals surface area (Å²) in [5.74, 6) is 0.155. The highest BCUT2D eigenvalue weighted by atomic mass is 35.5. The van der Waals surface area contributed by atoms with Gasteiger partial charge in [-0.1, -0.05) is 0 Å². The van der Waals surface area contributed by atoms with E-state index in [1.165, 1.54) is 7.11 Å². The zero-order chi connectivity index (χ0) is 10.7. The molecule has 1 aromatic rings. The van der Waals surface area contributed by atoms with Crippen molar-refractivity contribution < 1.29 is 18.3 Å². The molecule has 0 fully saturated rings. The zero-order valence-electron chi connectivity index (χ0n) is 7.13. The maximum Gasteiger partial charge on any atom is 0.271 e. The first kappa shape index (κ1) is 10.8. The second-order valence-corrected chi connectivity index (χ2v) is 2.73. The second kappa shape index (κ2) is 4.32. The quantitative estimate of drug-likeness (QED) is 0.736. The molecule has 3 nitrogen and oxygen atoms in total. The lowest BCUT2D eigenvalue weighted by molar-refractivity contribution is 0.106. The average molecular weight is 222 g/mol. The largest absolute Gasteiger partial charge is 0.495 e. The van der Waals surface area contributed by atoms with Crippen LogP contribution in [-0.4, -0.2) is 17.3 Å². The number of ether oxygens (including phenoxy) is 1. The highest BCUT2D eigenvalue weighted by Gasteiger charge is 2.19. The van der Waals surface area contributed by atoms with Crippen molar-refractivity contribution in [3.63, 3.8) is 0 Å². The van der Waals surface area contributed by atoms with Gasteiger partial charge in [0.2, 0.25) is 0 Å². The Morgan fingerprint density at radius 3 is 2.71 bits per heavy atom. The van der Waals surface area contributed by atoms with Crippen molar-refractivity contribution in [2.45, 2.75) is 6.43 Å². The predicted octanol–water partition coefficient (Wildman–Crippen LogP) is 2.41. The Balaban J connectivity index is 3.24. The fourth-order valence-corrected chi connectivity index (χ4v) is 1.06. The van der Waals surface area contributed by atoms with Gasteiger partial charge in [0.25, 0.3) is 11.7 Å². The number of pyridine rings is 1. The fourth-order valence-electron chi connectivity index (χ4n) is 0.904. The summed E-state index contributed by atoms with van der Waals surface area (Å²) in [6.07, 6.45) is -1.66. The third-order valence-corrected chi connectivity index (χ3v) is 1.73. The molecular formula is C8H6ClF2NO2. The lowest BCUT2D eigenvalue weighted by Crippen LogP contribution is -2.02. The van der Waals surface area contributed by atoms with Crippen molar-refractivity contribution in [3.8, 4) is 5.75 Å². The van der Waals surface area contributed by atoms with Gasteiger partial charge in [-0.2, -0.15) is 0 Å². The number of aromatic nitrogens is 1. The van der Waals surface area contributed by atoms with Gasteiger partial charge in [-0.15, -0.1) is 0 Å². The molecule has 0 aromatic carbocycles. The van der Waals surface area contributed by atoms with E-state index in [4.69, 9.17) is 11.6 Å². The lowest BCUT2D eigenvalue weighted by Gasteiger charge is -2.06. The fraction of sp³-hybridized carbons (Fsp3) is 0.250. The van der Waals surface area contributed by atoms with Crippen LogP contribution in [0.25, 0.3) is 0 Å². The van der Waals surface area contributed by atoms with Crippen molar-refractivity contribution in [1.82, 2.24) is 4.98 Å². The summed E-state index contributed by atoms with van der Waals surface area (Å²) >= 11 is 5.07. The van der Waals surface area contributed by atoms with E-state index in [-0.39, 0.29) is 5.75 Å². The molecule has 0 N–H and O–H groups in total. The molecule has 0 aliphatic carbocycles. The smallest absolute Gasteiger partial charge is 0.271 e. The molecule has 0 saturated heterocycles. The van der Waals surface area contributed by atoms with Crippen molar-refractivity contribution in [3.05, 3.63) is 23.5 Å². The number of carbonyl (C=O) groups is 1. The van der Waals surface area contributed by atoms with Crippen LogP contribution in [0, 0.1) is 0 Å².